The number of nitrogen functional groups attached to an aromatic ring is 1. The largest absolute Gasteiger partial charge is 0.368 e. The van der Waals surface area contributed by atoms with Gasteiger partial charge in [0.15, 0.2) is 0 Å². The first-order chi connectivity index (χ1) is 9.10. The van der Waals surface area contributed by atoms with Gasteiger partial charge in [-0.1, -0.05) is 0 Å². The number of primary amides is 1. The van der Waals surface area contributed by atoms with Gasteiger partial charge in [0.05, 0.1) is 6.54 Å². The van der Waals surface area contributed by atoms with Gasteiger partial charge in [-0.15, -0.1) is 0 Å². The lowest BCUT2D eigenvalue weighted by Gasteiger charge is -2.15. The number of hydrazine groups is 1. The summed E-state index contributed by atoms with van der Waals surface area (Å²) in [6.07, 6.45) is 3.26. The third-order valence-corrected chi connectivity index (χ3v) is 2.18. The highest BCUT2D eigenvalue weighted by molar-refractivity contribution is 5.78. The molecule has 0 aliphatic rings. The number of hydrogen-bond acceptors (Lipinski definition) is 8. The summed E-state index contributed by atoms with van der Waals surface area (Å²) in [6.45, 7) is -0.0213. The SMILES string of the molecule is CN(CC(N)=O)c1nc(NN)nc(-n2cccn2)n1. The smallest absolute Gasteiger partial charge is 0.257 e. The first-order valence-corrected chi connectivity index (χ1v) is 5.32. The molecule has 0 fully saturated rings. The van der Waals surface area contributed by atoms with Gasteiger partial charge >= 0.3 is 0 Å². The number of aromatic nitrogens is 5. The maximum Gasteiger partial charge on any atom is 0.257 e. The van der Waals surface area contributed by atoms with E-state index in [1.165, 1.54) is 9.58 Å². The van der Waals surface area contributed by atoms with Crippen LogP contribution in [-0.4, -0.2) is 44.2 Å². The van der Waals surface area contributed by atoms with E-state index in [0.717, 1.165) is 0 Å². The van der Waals surface area contributed by atoms with Crippen molar-refractivity contribution < 1.29 is 4.79 Å². The van der Waals surface area contributed by atoms with Gasteiger partial charge in [0.1, 0.15) is 0 Å². The molecular weight excluding hydrogens is 250 g/mol. The first kappa shape index (κ1) is 12.7. The molecule has 2 rings (SSSR count). The van der Waals surface area contributed by atoms with Gasteiger partial charge in [-0.05, 0) is 6.07 Å². The highest BCUT2D eigenvalue weighted by atomic mass is 16.1. The van der Waals surface area contributed by atoms with Gasteiger partial charge in [0, 0.05) is 19.4 Å². The number of hydrogen-bond donors (Lipinski definition) is 3. The molecule has 0 bridgehead atoms. The van der Waals surface area contributed by atoms with Crippen molar-refractivity contribution in [2.75, 3.05) is 23.9 Å². The Morgan fingerprint density at radius 3 is 2.84 bits per heavy atom. The number of amides is 1. The molecule has 0 spiro atoms. The fourth-order valence-electron chi connectivity index (χ4n) is 1.38. The fraction of sp³-hybridized carbons (Fsp3) is 0.222. The number of carbonyl (C=O) groups excluding carboxylic acids is 1. The molecule has 2 heterocycles. The van der Waals surface area contributed by atoms with Crippen LogP contribution in [0.3, 0.4) is 0 Å². The molecular formula is C9H13N9O. The first-order valence-electron chi connectivity index (χ1n) is 5.32. The van der Waals surface area contributed by atoms with E-state index in [-0.39, 0.29) is 24.4 Å². The van der Waals surface area contributed by atoms with Crippen LogP contribution < -0.4 is 21.9 Å². The molecule has 0 atom stereocenters. The van der Waals surface area contributed by atoms with E-state index in [1.807, 2.05) is 0 Å². The number of rotatable bonds is 5. The molecule has 2 aromatic heterocycles. The van der Waals surface area contributed by atoms with Crippen molar-refractivity contribution in [3.05, 3.63) is 18.5 Å². The summed E-state index contributed by atoms with van der Waals surface area (Å²) < 4.78 is 1.45. The lowest BCUT2D eigenvalue weighted by atomic mass is 10.5. The molecule has 0 unspecified atom stereocenters. The van der Waals surface area contributed by atoms with Gasteiger partial charge in [-0.3, -0.25) is 10.2 Å². The molecule has 2 aromatic rings. The minimum Gasteiger partial charge on any atom is -0.368 e. The van der Waals surface area contributed by atoms with E-state index in [1.54, 1.807) is 25.5 Å². The van der Waals surface area contributed by atoms with Crippen LogP contribution in [0.1, 0.15) is 0 Å². The maximum absolute atomic E-state index is 10.9. The lowest BCUT2D eigenvalue weighted by Crippen LogP contribution is -2.32. The number of anilines is 2. The molecule has 19 heavy (non-hydrogen) atoms. The van der Waals surface area contributed by atoms with E-state index in [2.05, 4.69) is 25.5 Å². The van der Waals surface area contributed by atoms with Crippen LogP contribution in [-0.2, 0) is 4.79 Å². The van der Waals surface area contributed by atoms with Crippen molar-refractivity contribution in [3.63, 3.8) is 0 Å². The van der Waals surface area contributed by atoms with Gasteiger partial charge in [0.2, 0.25) is 17.8 Å². The van der Waals surface area contributed by atoms with E-state index in [9.17, 15) is 4.79 Å². The van der Waals surface area contributed by atoms with Crippen molar-refractivity contribution in [2.45, 2.75) is 0 Å². The number of likely N-dealkylation sites (N-methyl/N-ethyl adjacent to an activating group) is 1. The Morgan fingerprint density at radius 2 is 2.26 bits per heavy atom. The van der Waals surface area contributed by atoms with Crippen LogP contribution in [0.15, 0.2) is 18.5 Å². The Balaban J connectivity index is 2.38. The molecule has 0 saturated heterocycles. The van der Waals surface area contributed by atoms with E-state index in [0.29, 0.717) is 0 Å². The zero-order valence-electron chi connectivity index (χ0n) is 10.2. The summed E-state index contributed by atoms with van der Waals surface area (Å²) in [5, 5.41) is 4.01. The summed E-state index contributed by atoms with van der Waals surface area (Å²) in [5.41, 5.74) is 7.46. The summed E-state index contributed by atoms with van der Waals surface area (Å²) >= 11 is 0. The second kappa shape index (κ2) is 5.27. The van der Waals surface area contributed by atoms with Gasteiger partial charge in [0.25, 0.3) is 5.95 Å². The van der Waals surface area contributed by atoms with Crippen molar-refractivity contribution in [3.8, 4) is 5.95 Å². The maximum atomic E-state index is 10.9. The van der Waals surface area contributed by atoms with Crippen molar-refractivity contribution in [1.82, 2.24) is 24.7 Å². The molecule has 0 aliphatic heterocycles. The molecule has 0 saturated carbocycles. The number of nitrogens with one attached hydrogen (secondary N) is 1. The number of nitrogens with two attached hydrogens (primary N) is 2. The number of carbonyl (C=O) groups is 1. The van der Waals surface area contributed by atoms with E-state index >= 15 is 0 Å². The van der Waals surface area contributed by atoms with E-state index < -0.39 is 5.91 Å². The molecule has 10 nitrogen and oxygen atoms in total. The van der Waals surface area contributed by atoms with Crippen molar-refractivity contribution >= 4 is 17.8 Å². The van der Waals surface area contributed by atoms with Gasteiger partial charge < -0.3 is 10.6 Å². The molecule has 1 amide bonds. The fourth-order valence-corrected chi connectivity index (χ4v) is 1.38. The average molecular weight is 263 g/mol. The van der Waals surface area contributed by atoms with Crippen LogP contribution in [0, 0.1) is 0 Å². The quantitative estimate of drug-likeness (QED) is 0.426. The minimum atomic E-state index is -0.495. The third kappa shape index (κ3) is 2.93. The Hall–Kier alpha value is -2.75. The third-order valence-electron chi connectivity index (χ3n) is 2.18. The van der Waals surface area contributed by atoms with Crippen LogP contribution in [0.2, 0.25) is 0 Å². The normalized spacial score (nSPS) is 10.2. The Bertz CT molecular complexity index is 567. The average Bonchev–Trinajstić information content (AvgIpc) is 2.91. The second-order valence-corrected chi connectivity index (χ2v) is 3.68. The minimum absolute atomic E-state index is 0.0213. The molecule has 0 aromatic carbocycles. The summed E-state index contributed by atoms with van der Waals surface area (Å²) in [4.78, 5) is 24.7. The van der Waals surface area contributed by atoms with Gasteiger partial charge in [-0.2, -0.15) is 20.1 Å². The second-order valence-electron chi connectivity index (χ2n) is 3.68. The van der Waals surface area contributed by atoms with Crippen molar-refractivity contribution in [2.24, 2.45) is 11.6 Å². The molecule has 0 radical (unpaired) electrons. The van der Waals surface area contributed by atoms with Gasteiger partial charge in [-0.25, -0.2) is 10.5 Å². The summed E-state index contributed by atoms with van der Waals surface area (Å²) in [6, 6.07) is 1.73. The standard InChI is InChI=1S/C9H13N9O/c1-17(5-6(10)19)8-13-7(16-11)14-9(15-8)18-4-2-3-12-18/h2-4H,5,11H2,1H3,(H2,10,19)(H,13,14,15,16). The van der Waals surface area contributed by atoms with Crippen LogP contribution in [0.25, 0.3) is 5.95 Å². The van der Waals surface area contributed by atoms with E-state index in [4.69, 9.17) is 11.6 Å². The molecule has 100 valence electrons. The lowest BCUT2D eigenvalue weighted by molar-refractivity contribution is -0.116. The highest BCUT2D eigenvalue weighted by Gasteiger charge is 2.12. The summed E-state index contributed by atoms with van der Waals surface area (Å²) in [5.74, 6) is 5.50. The molecule has 0 aliphatic carbocycles. The predicted octanol–water partition coefficient (Wildman–Crippen LogP) is -1.74. The van der Waals surface area contributed by atoms with Crippen LogP contribution >= 0.6 is 0 Å². The zero-order valence-corrected chi connectivity index (χ0v) is 10.2. The van der Waals surface area contributed by atoms with Crippen molar-refractivity contribution in [1.29, 1.82) is 0 Å². The molecule has 5 N–H and O–H groups in total. The Morgan fingerprint density at radius 1 is 1.47 bits per heavy atom. The molecule has 10 heteroatoms. The summed E-state index contributed by atoms with van der Waals surface area (Å²) in [7, 11) is 1.63. The Kier molecular flexibility index (Phi) is 3.52. The number of nitrogens with zero attached hydrogens (tertiary/aromatic N) is 6. The monoisotopic (exact) mass is 263 g/mol. The topological polar surface area (TPSA) is 141 Å². The Labute approximate surface area is 108 Å². The van der Waals surface area contributed by atoms with Crippen LogP contribution in [0.4, 0.5) is 11.9 Å². The highest BCUT2D eigenvalue weighted by Crippen LogP contribution is 2.10. The van der Waals surface area contributed by atoms with Crippen LogP contribution in [0.5, 0.6) is 0 Å². The zero-order chi connectivity index (χ0) is 13.8. The predicted molar refractivity (Wildman–Crippen MR) is 67.2 cm³/mol.